The molecule has 1 atom stereocenters. The predicted octanol–water partition coefficient (Wildman–Crippen LogP) is 3.90. The molecule has 1 aromatic carbocycles. The standard InChI is InChI=1S/C21H29N3O3S/c1-6-7-8-17(25)22-16-11-9-15(10-12-16)19-18(20(26)27-13(2)3)14(4)24(5)21(28)23-19/h9-13,19H,6-8H2,1-5H3,(H,22,25)(H,23,28). The van der Waals surface area contributed by atoms with Gasteiger partial charge in [-0.1, -0.05) is 25.5 Å². The molecule has 2 rings (SSSR count). The third kappa shape index (κ3) is 5.32. The van der Waals surface area contributed by atoms with E-state index in [1.807, 2.05) is 52.1 Å². The zero-order chi connectivity index (χ0) is 20.8. The summed E-state index contributed by atoms with van der Waals surface area (Å²) in [5.74, 6) is -0.360. The molecule has 0 radical (unpaired) electrons. The maximum absolute atomic E-state index is 12.7. The van der Waals surface area contributed by atoms with E-state index in [2.05, 4.69) is 17.6 Å². The first-order valence-electron chi connectivity index (χ1n) is 9.60. The van der Waals surface area contributed by atoms with Gasteiger partial charge in [0.05, 0.1) is 17.7 Å². The van der Waals surface area contributed by atoms with Crippen molar-refractivity contribution in [2.45, 2.75) is 59.1 Å². The lowest BCUT2D eigenvalue weighted by Crippen LogP contribution is -2.46. The number of hydrogen-bond donors (Lipinski definition) is 2. The molecular weight excluding hydrogens is 374 g/mol. The summed E-state index contributed by atoms with van der Waals surface area (Å²) in [4.78, 5) is 26.4. The van der Waals surface area contributed by atoms with Gasteiger partial charge in [-0.3, -0.25) is 4.79 Å². The van der Waals surface area contributed by atoms with E-state index in [1.165, 1.54) is 0 Å². The van der Waals surface area contributed by atoms with Crippen molar-refractivity contribution in [2.75, 3.05) is 12.4 Å². The van der Waals surface area contributed by atoms with E-state index in [1.54, 1.807) is 4.90 Å². The molecule has 0 aromatic heterocycles. The number of nitrogens with zero attached hydrogens (tertiary/aromatic N) is 1. The summed E-state index contributed by atoms with van der Waals surface area (Å²) >= 11 is 5.40. The Morgan fingerprint density at radius 3 is 2.50 bits per heavy atom. The highest BCUT2D eigenvalue weighted by atomic mass is 32.1. The summed E-state index contributed by atoms with van der Waals surface area (Å²) in [5.41, 5.74) is 2.89. The molecule has 1 unspecified atom stereocenters. The molecular formula is C21H29N3O3S. The van der Waals surface area contributed by atoms with E-state index < -0.39 is 6.04 Å². The van der Waals surface area contributed by atoms with Crippen LogP contribution in [0.3, 0.4) is 0 Å². The van der Waals surface area contributed by atoms with Crippen LogP contribution in [-0.2, 0) is 14.3 Å². The van der Waals surface area contributed by atoms with Gasteiger partial charge in [-0.2, -0.15) is 0 Å². The SMILES string of the molecule is CCCCC(=O)Nc1ccc(C2NC(=S)N(C)C(C)=C2C(=O)OC(C)C)cc1. The highest BCUT2D eigenvalue weighted by Crippen LogP contribution is 2.31. The van der Waals surface area contributed by atoms with E-state index in [0.717, 1.165) is 29.8 Å². The minimum Gasteiger partial charge on any atom is -0.459 e. The molecule has 1 amide bonds. The molecule has 152 valence electrons. The number of unbranched alkanes of at least 4 members (excludes halogenated alkanes) is 1. The molecule has 0 aliphatic carbocycles. The van der Waals surface area contributed by atoms with Crippen molar-refractivity contribution in [3.63, 3.8) is 0 Å². The molecule has 6 nitrogen and oxygen atoms in total. The lowest BCUT2D eigenvalue weighted by molar-refractivity contribution is -0.143. The van der Waals surface area contributed by atoms with Gasteiger partial charge in [-0.05, 0) is 57.1 Å². The van der Waals surface area contributed by atoms with Crippen molar-refractivity contribution in [1.29, 1.82) is 0 Å². The minimum atomic E-state index is -0.403. The molecule has 0 spiro atoms. The van der Waals surface area contributed by atoms with Crippen LogP contribution in [0, 0.1) is 0 Å². The highest BCUT2D eigenvalue weighted by Gasteiger charge is 2.33. The first kappa shape index (κ1) is 21.9. The second kappa shape index (κ2) is 9.68. The van der Waals surface area contributed by atoms with Gasteiger partial charge >= 0.3 is 5.97 Å². The van der Waals surface area contributed by atoms with Crippen molar-refractivity contribution in [2.24, 2.45) is 0 Å². The summed E-state index contributed by atoms with van der Waals surface area (Å²) in [6.07, 6.45) is 2.14. The fourth-order valence-electron chi connectivity index (χ4n) is 2.95. The smallest absolute Gasteiger partial charge is 0.338 e. The summed E-state index contributed by atoms with van der Waals surface area (Å²) in [5, 5.41) is 6.65. The summed E-state index contributed by atoms with van der Waals surface area (Å²) in [6.45, 7) is 7.56. The van der Waals surface area contributed by atoms with Crippen molar-refractivity contribution in [3.8, 4) is 0 Å². The number of ether oxygens (including phenoxy) is 1. The summed E-state index contributed by atoms with van der Waals surface area (Å²) < 4.78 is 5.45. The van der Waals surface area contributed by atoms with Crippen LogP contribution in [0.2, 0.25) is 0 Å². The fourth-order valence-corrected chi connectivity index (χ4v) is 3.20. The van der Waals surface area contributed by atoms with Crippen LogP contribution >= 0.6 is 12.2 Å². The van der Waals surface area contributed by atoms with Crippen LogP contribution in [0.15, 0.2) is 35.5 Å². The average Bonchev–Trinajstić information content (AvgIpc) is 2.64. The molecule has 1 heterocycles. The molecule has 0 saturated carbocycles. The maximum Gasteiger partial charge on any atom is 0.338 e. The molecule has 2 N–H and O–H groups in total. The Kier molecular flexibility index (Phi) is 7.57. The fraction of sp³-hybridized carbons (Fsp3) is 0.476. The van der Waals surface area contributed by atoms with Crippen LogP contribution in [0.25, 0.3) is 0 Å². The lowest BCUT2D eigenvalue weighted by atomic mass is 9.95. The van der Waals surface area contributed by atoms with Crippen LogP contribution in [-0.4, -0.2) is 35.0 Å². The van der Waals surface area contributed by atoms with E-state index in [4.69, 9.17) is 17.0 Å². The van der Waals surface area contributed by atoms with Gasteiger partial charge in [0.25, 0.3) is 0 Å². The predicted molar refractivity (Wildman–Crippen MR) is 115 cm³/mol. The Balaban J connectivity index is 2.26. The van der Waals surface area contributed by atoms with E-state index >= 15 is 0 Å². The first-order chi connectivity index (χ1) is 13.2. The lowest BCUT2D eigenvalue weighted by Gasteiger charge is -2.35. The number of carbonyl (C=O) groups is 2. The third-order valence-corrected chi connectivity index (χ3v) is 4.99. The third-order valence-electron chi connectivity index (χ3n) is 4.60. The Bertz CT molecular complexity index is 772. The zero-order valence-corrected chi connectivity index (χ0v) is 18.0. The van der Waals surface area contributed by atoms with Crippen LogP contribution < -0.4 is 10.6 Å². The molecule has 0 saturated heterocycles. The number of esters is 1. The van der Waals surface area contributed by atoms with E-state index in [9.17, 15) is 9.59 Å². The molecule has 1 aromatic rings. The minimum absolute atomic E-state index is 0.00475. The molecule has 0 bridgehead atoms. The molecule has 28 heavy (non-hydrogen) atoms. The Labute approximate surface area is 172 Å². The Morgan fingerprint density at radius 2 is 1.93 bits per heavy atom. The maximum atomic E-state index is 12.7. The Hall–Kier alpha value is -2.41. The van der Waals surface area contributed by atoms with Gasteiger partial charge in [0.1, 0.15) is 0 Å². The van der Waals surface area contributed by atoms with Crippen molar-refractivity contribution >= 4 is 34.9 Å². The summed E-state index contributed by atoms with van der Waals surface area (Å²) in [7, 11) is 1.82. The number of rotatable bonds is 7. The molecule has 1 aliphatic rings. The number of carbonyl (C=O) groups excluding carboxylic acids is 2. The van der Waals surface area contributed by atoms with Gasteiger partial charge in [0.2, 0.25) is 5.91 Å². The molecule has 7 heteroatoms. The van der Waals surface area contributed by atoms with Gasteiger partial charge < -0.3 is 20.3 Å². The van der Waals surface area contributed by atoms with Crippen molar-refractivity contribution in [3.05, 3.63) is 41.1 Å². The van der Waals surface area contributed by atoms with E-state index in [-0.39, 0.29) is 18.0 Å². The Morgan fingerprint density at radius 1 is 1.29 bits per heavy atom. The largest absolute Gasteiger partial charge is 0.459 e. The number of allylic oxidation sites excluding steroid dienone is 1. The number of amides is 1. The van der Waals surface area contributed by atoms with Gasteiger partial charge in [-0.25, -0.2) is 4.79 Å². The van der Waals surface area contributed by atoms with Gasteiger partial charge in [0, 0.05) is 24.9 Å². The van der Waals surface area contributed by atoms with Crippen molar-refractivity contribution < 1.29 is 14.3 Å². The van der Waals surface area contributed by atoms with Crippen LogP contribution in [0.1, 0.15) is 58.6 Å². The molecule has 1 aliphatic heterocycles. The first-order valence-corrected chi connectivity index (χ1v) is 10.0. The molecule has 0 fully saturated rings. The number of benzene rings is 1. The second-order valence-electron chi connectivity index (χ2n) is 7.17. The number of thiocarbonyl (C=S) groups is 1. The summed E-state index contributed by atoms with van der Waals surface area (Å²) in [6, 6.07) is 7.04. The number of hydrogen-bond acceptors (Lipinski definition) is 4. The zero-order valence-electron chi connectivity index (χ0n) is 17.2. The number of nitrogens with one attached hydrogen (secondary N) is 2. The number of anilines is 1. The quantitative estimate of drug-likeness (QED) is 0.531. The topological polar surface area (TPSA) is 70.7 Å². The average molecular weight is 404 g/mol. The normalized spacial score (nSPS) is 16.9. The second-order valence-corrected chi connectivity index (χ2v) is 7.56. The van der Waals surface area contributed by atoms with Crippen LogP contribution in [0.4, 0.5) is 5.69 Å². The highest BCUT2D eigenvalue weighted by molar-refractivity contribution is 7.80. The van der Waals surface area contributed by atoms with Crippen LogP contribution in [0.5, 0.6) is 0 Å². The van der Waals surface area contributed by atoms with Gasteiger partial charge in [-0.15, -0.1) is 0 Å². The van der Waals surface area contributed by atoms with Gasteiger partial charge in [0.15, 0.2) is 5.11 Å². The van der Waals surface area contributed by atoms with E-state index in [0.29, 0.717) is 17.1 Å². The van der Waals surface area contributed by atoms with Crippen molar-refractivity contribution in [1.82, 2.24) is 10.2 Å². The monoisotopic (exact) mass is 403 g/mol.